The number of aromatic amines is 2. The number of para-hydroxylation sites is 2. The largest absolute Gasteiger partial charge is 0.338 e. The van der Waals surface area contributed by atoms with Crippen molar-refractivity contribution in [3.8, 4) is 113 Å². The van der Waals surface area contributed by atoms with Crippen LogP contribution in [0.4, 0.5) is 0 Å². The molecule has 0 bridgehead atoms. The van der Waals surface area contributed by atoms with E-state index in [1.165, 1.54) is 38.1 Å². The van der Waals surface area contributed by atoms with Gasteiger partial charge in [0.2, 0.25) is 0 Å². The van der Waals surface area contributed by atoms with Gasteiger partial charge in [0.25, 0.3) is 0 Å². The highest BCUT2D eigenvalue weighted by Gasteiger charge is 2.23. The number of rotatable bonds is 10. The van der Waals surface area contributed by atoms with E-state index in [2.05, 4.69) is 267 Å². The first kappa shape index (κ1) is 49.4. The molecule has 9 nitrogen and oxygen atoms in total. The van der Waals surface area contributed by atoms with Crippen molar-refractivity contribution >= 4 is 76.2 Å². The minimum absolute atomic E-state index is 0.598. The number of imidazole rings is 2. The van der Waals surface area contributed by atoms with E-state index in [-0.39, 0.29) is 0 Å². The second kappa shape index (κ2) is 20.0. The predicted molar refractivity (Wildman–Crippen MR) is 354 cm³/mol. The molecule has 402 valence electrons. The van der Waals surface area contributed by atoms with Gasteiger partial charge in [-0.25, -0.2) is 29.9 Å². The van der Waals surface area contributed by atoms with Crippen LogP contribution in [0.1, 0.15) is 0 Å². The molecule has 0 fully saturated rings. The molecule has 0 unspecified atom stereocenters. The van der Waals surface area contributed by atoms with Crippen molar-refractivity contribution in [3.63, 3.8) is 0 Å². The van der Waals surface area contributed by atoms with E-state index < -0.39 is 0 Å². The molecule has 0 radical (unpaired) electrons. The molecule has 17 rings (SSSR count). The number of hydrogen-bond donors (Lipinski definition) is 2. The SMILES string of the molecule is Brc1ccc(-c2ccccc2-c2nc3nc(-c4cccc(-c5ccc(-c6ccc7[nH]c(-c8ccccc8-c8cc(-c9ccccc9)nc(-c9cc%10c%11ccccc%11n%11c%12ccccc%12c(c9)c%10%11)n8)nc7c6)cc5)c4)nc(-c4ccccc4)c3[nH]2)cc1. The number of halogens is 1. The first-order valence-electron chi connectivity index (χ1n) is 28.6. The van der Waals surface area contributed by atoms with Gasteiger partial charge in [-0.1, -0.05) is 222 Å². The van der Waals surface area contributed by atoms with Crippen LogP contribution in [0.2, 0.25) is 0 Å². The molecule has 0 aliphatic heterocycles. The topological polar surface area (TPSA) is 113 Å². The third-order valence-electron chi connectivity index (χ3n) is 16.6. The Morgan fingerprint density at radius 2 is 0.849 bits per heavy atom. The van der Waals surface area contributed by atoms with Crippen LogP contribution in [-0.2, 0) is 0 Å². The third-order valence-corrected chi connectivity index (χ3v) is 17.1. The summed E-state index contributed by atoms with van der Waals surface area (Å²) in [5.41, 5.74) is 22.4. The summed E-state index contributed by atoms with van der Waals surface area (Å²) in [5, 5.41) is 4.78. The lowest BCUT2D eigenvalue weighted by Crippen LogP contribution is -1.97. The van der Waals surface area contributed by atoms with E-state index in [0.717, 1.165) is 122 Å². The van der Waals surface area contributed by atoms with Crippen LogP contribution >= 0.6 is 15.9 Å². The van der Waals surface area contributed by atoms with Crippen LogP contribution in [-0.4, -0.2) is 44.3 Å². The Hall–Kier alpha value is -11.2. The summed E-state index contributed by atoms with van der Waals surface area (Å²) in [5.74, 6) is 2.75. The lowest BCUT2D eigenvalue weighted by atomic mass is 9.99. The monoisotopic (exact) mass is 1160 g/mol. The summed E-state index contributed by atoms with van der Waals surface area (Å²) in [6.45, 7) is 0. The highest BCUT2D eigenvalue weighted by Crippen LogP contribution is 2.43. The number of hydrogen-bond acceptors (Lipinski definition) is 6. The number of nitrogens with one attached hydrogen (secondary N) is 2. The fourth-order valence-electron chi connectivity index (χ4n) is 12.5. The van der Waals surface area contributed by atoms with Gasteiger partial charge in [0.15, 0.2) is 17.3 Å². The van der Waals surface area contributed by atoms with Gasteiger partial charge in [-0.2, -0.15) is 0 Å². The quantitative estimate of drug-likeness (QED) is 0.141. The lowest BCUT2D eigenvalue weighted by Gasteiger charge is -2.12. The van der Waals surface area contributed by atoms with Crippen LogP contribution in [0.25, 0.3) is 173 Å². The Balaban J connectivity index is 0.695. The van der Waals surface area contributed by atoms with Gasteiger partial charge in [-0.05, 0) is 94.0 Å². The Morgan fingerprint density at radius 3 is 1.56 bits per heavy atom. The van der Waals surface area contributed by atoms with E-state index in [0.29, 0.717) is 17.3 Å². The maximum absolute atomic E-state index is 5.44. The van der Waals surface area contributed by atoms with Gasteiger partial charge in [-0.15, -0.1) is 0 Å². The zero-order chi connectivity index (χ0) is 56.8. The molecule has 0 spiro atoms. The molecule has 17 aromatic rings. The van der Waals surface area contributed by atoms with Gasteiger partial charge in [0.1, 0.15) is 22.9 Å². The van der Waals surface area contributed by atoms with Crippen molar-refractivity contribution in [2.45, 2.75) is 0 Å². The van der Waals surface area contributed by atoms with Crippen LogP contribution in [0.15, 0.2) is 271 Å². The molecule has 11 aromatic carbocycles. The van der Waals surface area contributed by atoms with E-state index in [1.54, 1.807) is 0 Å². The van der Waals surface area contributed by atoms with Crippen molar-refractivity contribution in [2.24, 2.45) is 0 Å². The maximum atomic E-state index is 5.44. The summed E-state index contributed by atoms with van der Waals surface area (Å²) in [7, 11) is 0. The number of H-pyrrole nitrogens is 2. The number of fused-ring (bicyclic) bond motifs is 8. The normalized spacial score (nSPS) is 11.8. The third kappa shape index (κ3) is 8.37. The van der Waals surface area contributed by atoms with E-state index in [1.807, 2.05) is 30.3 Å². The highest BCUT2D eigenvalue weighted by atomic mass is 79.9. The second-order valence-electron chi connectivity index (χ2n) is 21.7. The molecular formula is C76H46BrN9. The Bertz CT molecular complexity index is 5390. The first-order chi connectivity index (χ1) is 42.5. The standard InChI is InChI=1S/C76H46BrN9/c77-54-37-34-47(35-38-54)55-22-7-9-26-59(55)75-83-70-69(49-18-5-2-6-19-49)82-72(84-76(70)85-75)52-21-15-20-50(40-52)45-30-32-46(33-31-45)51-36-39-63-66(43-51)81-74(78-63)60-27-10-8-23-56(60)65-44-64(48-16-3-1-4-17-48)79-73(80-65)53-41-61-57-24-11-13-28-67(57)86-68-29-14-12-25-58(68)62(42-53)71(61)86/h1-44H,(H,78,81)(H,82,83,84,85). The average molecular weight is 1170 g/mol. The predicted octanol–water partition coefficient (Wildman–Crippen LogP) is 19.6. The Morgan fingerprint density at radius 1 is 0.314 bits per heavy atom. The molecule has 10 heteroatoms. The van der Waals surface area contributed by atoms with E-state index >= 15 is 0 Å². The maximum Gasteiger partial charge on any atom is 0.182 e. The molecule has 0 saturated heterocycles. The highest BCUT2D eigenvalue weighted by molar-refractivity contribution is 9.10. The number of nitrogens with zero attached hydrogens (tertiary/aromatic N) is 7. The summed E-state index contributed by atoms with van der Waals surface area (Å²) in [6.07, 6.45) is 0. The van der Waals surface area contributed by atoms with Gasteiger partial charge in [0.05, 0.1) is 39.0 Å². The fraction of sp³-hybridized carbons (Fsp3) is 0. The number of benzene rings is 11. The molecule has 0 aliphatic rings. The van der Waals surface area contributed by atoms with Crippen LogP contribution in [0, 0.1) is 0 Å². The van der Waals surface area contributed by atoms with E-state index in [4.69, 9.17) is 29.9 Å². The van der Waals surface area contributed by atoms with Crippen LogP contribution in [0.5, 0.6) is 0 Å². The summed E-state index contributed by atoms with van der Waals surface area (Å²) in [6, 6.07) is 93.2. The molecule has 0 atom stereocenters. The molecule has 6 aromatic heterocycles. The molecule has 0 amide bonds. The summed E-state index contributed by atoms with van der Waals surface area (Å²) < 4.78 is 3.43. The van der Waals surface area contributed by atoms with Crippen molar-refractivity contribution in [2.75, 3.05) is 0 Å². The lowest BCUT2D eigenvalue weighted by molar-refractivity contribution is 1.18. The minimum Gasteiger partial charge on any atom is -0.338 e. The Kier molecular flexibility index (Phi) is 11.5. The summed E-state index contributed by atoms with van der Waals surface area (Å²) >= 11 is 3.59. The van der Waals surface area contributed by atoms with E-state index in [9.17, 15) is 0 Å². The van der Waals surface area contributed by atoms with Gasteiger partial charge in [0, 0.05) is 65.0 Å². The first-order valence-corrected chi connectivity index (χ1v) is 29.4. The summed E-state index contributed by atoms with van der Waals surface area (Å²) in [4.78, 5) is 38.9. The molecule has 0 saturated carbocycles. The van der Waals surface area contributed by atoms with Gasteiger partial charge in [-0.3, -0.25) is 0 Å². The van der Waals surface area contributed by atoms with Crippen molar-refractivity contribution < 1.29 is 0 Å². The zero-order valence-corrected chi connectivity index (χ0v) is 47.5. The molecule has 6 heterocycles. The molecule has 86 heavy (non-hydrogen) atoms. The fourth-order valence-corrected chi connectivity index (χ4v) is 12.8. The molecule has 0 aliphatic carbocycles. The van der Waals surface area contributed by atoms with Gasteiger partial charge < -0.3 is 14.4 Å². The average Bonchev–Trinajstić information content (AvgIpc) is 1.66. The van der Waals surface area contributed by atoms with Gasteiger partial charge >= 0.3 is 0 Å². The van der Waals surface area contributed by atoms with Crippen LogP contribution < -0.4 is 0 Å². The zero-order valence-electron chi connectivity index (χ0n) is 45.9. The van der Waals surface area contributed by atoms with Crippen molar-refractivity contribution in [1.82, 2.24) is 44.3 Å². The van der Waals surface area contributed by atoms with Crippen molar-refractivity contribution in [3.05, 3.63) is 271 Å². The molecule has 2 N–H and O–H groups in total. The Labute approximate surface area is 501 Å². The smallest absolute Gasteiger partial charge is 0.182 e. The van der Waals surface area contributed by atoms with Crippen molar-refractivity contribution in [1.29, 1.82) is 0 Å². The number of aromatic nitrogens is 9. The van der Waals surface area contributed by atoms with Crippen LogP contribution in [0.3, 0.4) is 0 Å². The second-order valence-corrected chi connectivity index (χ2v) is 22.7. The molecular weight excluding hydrogens is 1120 g/mol. The minimum atomic E-state index is 0.598.